The first-order valence-corrected chi connectivity index (χ1v) is 7.13. The summed E-state index contributed by atoms with van der Waals surface area (Å²) in [6, 6.07) is 7.97. The largest absolute Gasteiger partial charge is 0.478 e. The third-order valence-electron chi connectivity index (χ3n) is 4.10. The van der Waals surface area contributed by atoms with Crippen molar-refractivity contribution >= 4 is 33.6 Å². The Bertz CT molecular complexity index is 1240. The average molecular weight is 323 g/mol. The predicted molar refractivity (Wildman–Crippen MR) is 83.9 cm³/mol. The molecule has 2 N–H and O–H groups in total. The molecule has 0 unspecified atom stereocenters. The van der Waals surface area contributed by atoms with Gasteiger partial charge in [0.05, 0.1) is 22.1 Å². The Hall–Kier alpha value is -3.55. The van der Waals surface area contributed by atoms with Crippen molar-refractivity contribution in [1.29, 1.82) is 0 Å². The van der Waals surface area contributed by atoms with Crippen LogP contribution in [0.5, 0.6) is 11.5 Å². The van der Waals surface area contributed by atoms with Crippen LogP contribution in [0.25, 0.3) is 27.6 Å². The van der Waals surface area contributed by atoms with Crippen LogP contribution in [0.3, 0.4) is 0 Å². The highest BCUT2D eigenvalue weighted by Gasteiger charge is 2.19. The van der Waals surface area contributed by atoms with Crippen LogP contribution in [0.4, 0.5) is 0 Å². The van der Waals surface area contributed by atoms with E-state index in [1.807, 2.05) is 0 Å². The minimum atomic E-state index is -1.06. The van der Waals surface area contributed by atoms with Crippen molar-refractivity contribution in [2.45, 2.75) is 0 Å². The molecule has 2 aromatic carbocycles. The molecular weight excluding hydrogens is 314 g/mol. The molecule has 118 valence electrons. The third-order valence-corrected chi connectivity index (χ3v) is 4.10. The monoisotopic (exact) mass is 323 g/mol. The summed E-state index contributed by atoms with van der Waals surface area (Å²) < 4.78 is 12.1. The van der Waals surface area contributed by atoms with E-state index in [4.69, 9.17) is 14.6 Å². The SMILES string of the molecule is O=C(O)c1ccc2c(c1)[nH]c(=O)n1c3cc4c(cc3nc21)OCO4. The molecule has 0 atom stereocenters. The molecule has 0 aliphatic carbocycles. The Labute approximate surface area is 132 Å². The number of carboxylic acid groups (broad SMARTS) is 1. The number of benzene rings is 2. The number of aromatic nitrogens is 3. The number of hydrogen-bond donors (Lipinski definition) is 2. The quantitative estimate of drug-likeness (QED) is 0.553. The molecule has 0 radical (unpaired) electrons. The van der Waals surface area contributed by atoms with E-state index in [-0.39, 0.29) is 12.4 Å². The van der Waals surface area contributed by atoms with E-state index in [1.54, 1.807) is 18.2 Å². The highest BCUT2D eigenvalue weighted by Crippen LogP contribution is 2.36. The summed E-state index contributed by atoms with van der Waals surface area (Å²) in [7, 11) is 0. The molecule has 0 bridgehead atoms. The standard InChI is InChI=1S/C16H9N3O5/c20-15(21)7-1-2-8-9(3-7)18-16(22)19-11-5-13-12(23-6-24-13)4-10(11)17-14(8)19/h1-5H,6H2,(H,18,22)(H,20,21). The number of nitrogens with one attached hydrogen (secondary N) is 1. The van der Waals surface area contributed by atoms with Crippen LogP contribution in [-0.4, -0.2) is 32.2 Å². The van der Waals surface area contributed by atoms with Crippen molar-refractivity contribution in [3.05, 3.63) is 46.4 Å². The number of rotatable bonds is 1. The molecule has 2 aromatic heterocycles. The highest BCUT2D eigenvalue weighted by molar-refractivity contribution is 6.00. The predicted octanol–water partition coefficient (Wildman–Crippen LogP) is 1.76. The van der Waals surface area contributed by atoms with E-state index < -0.39 is 11.7 Å². The fraction of sp³-hybridized carbons (Fsp3) is 0.0625. The van der Waals surface area contributed by atoms with Crippen molar-refractivity contribution in [3.63, 3.8) is 0 Å². The number of imidazole rings is 1. The van der Waals surface area contributed by atoms with Gasteiger partial charge in [0.25, 0.3) is 0 Å². The molecule has 8 heteroatoms. The van der Waals surface area contributed by atoms with Gasteiger partial charge in [-0.3, -0.25) is 0 Å². The maximum atomic E-state index is 12.5. The van der Waals surface area contributed by atoms with E-state index in [1.165, 1.54) is 16.5 Å². The highest BCUT2D eigenvalue weighted by atomic mass is 16.7. The summed E-state index contributed by atoms with van der Waals surface area (Å²) in [5, 5.41) is 9.75. The van der Waals surface area contributed by atoms with Crippen LogP contribution in [0, 0.1) is 0 Å². The lowest BCUT2D eigenvalue weighted by molar-refractivity contribution is 0.0697. The zero-order chi connectivity index (χ0) is 16.4. The van der Waals surface area contributed by atoms with Crippen LogP contribution in [-0.2, 0) is 0 Å². The molecule has 1 aliphatic rings. The summed E-state index contributed by atoms with van der Waals surface area (Å²) >= 11 is 0. The lowest BCUT2D eigenvalue weighted by atomic mass is 10.1. The van der Waals surface area contributed by atoms with Gasteiger partial charge in [-0.15, -0.1) is 0 Å². The summed E-state index contributed by atoms with van der Waals surface area (Å²) in [5.41, 5.74) is 1.76. The van der Waals surface area contributed by atoms with Gasteiger partial charge in [-0.05, 0) is 18.2 Å². The van der Waals surface area contributed by atoms with E-state index >= 15 is 0 Å². The molecule has 0 amide bonds. The van der Waals surface area contributed by atoms with E-state index in [9.17, 15) is 9.59 Å². The molecule has 5 rings (SSSR count). The van der Waals surface area contributed by atoms with Crippen molar-refractivity contribution < 1.29 is 19.4 Å². The van der Waals surface area contributed by atoms with Gasteiger partial charge in [-0.2, -0.15) is 0 Å². The van der Waals surface area contributed by atoms with Gasteiger partial charge in [-0.25, -0.2) is 19.0 Å². The van der Waals surface area contributed by atoms with Gasteiger partial charge < -0.3 is 19.6 Å². The smallest absolute Gasteiger partial charge is 0.335 e. The number of aromatic carboxylic acids is 1. The number of aromatic amines is 1. The van der Waals surface area contributed by atoms with Gasteiger partial charge in [0.1, 0.15) is 0 Å². The van der Waals surface area contributed by atoms with Crippen molar-refractivity contribution in [2.24, 2.45) is 0 Å². The third kappa shape index (κ3) is 1.59. The molecule has 8 nitrogen and oxygen atoms in total. The normalized spacial score (nSPS) is 13.2. The fourth-order valence-electron chi connectivity index (χ4n) is 3.00. The van der Waals surface area contributed by atoms with Crippen LogP contribution in [0.2, 0.25) is 0 Å². The summed E-state index contributed by atoms with van der Waals surface area (Å²) in [6.07, 6.45) is 0. The Morgan fingerprint density at radius 1 is 1.21 bits per heavy atom. The number of H-pyrrole nitrogens is 1. The van der Waals surface area contributed by atoms with Gasteiger partial charge >= 0.3 is 11.7 Å². The van der Waals surface area contributed by atoms with Gasteiger partial charge in [0, 0.05) is 17.5 Å². The number of hydrogen-bond acceptors (Lipinski definition) is 5. The van der Waals surface area contributed by atoms with Crippen LogP contribution >= 0.6 is 0 Å². The summed E-state index contributed by atoms with van der Waals surface area (Å²) in [6.45, 7) is 0.141. The first-order chi connectivity index (χ1) is 11.6. The Balaban J connectivity index is 1.94. The van der Waals surface area contributed by atoms with Crippen molar-refractivity contribution in [1.82, 2.24) is 14.4 Å². The summed E-state index contributed by atoms with van der Waals surface area (Å²) in [4.78, 5) is 30.8. The lowest BCUT2D eigenvalue weighted by Crippen LogP contribution is -2.16. The molecule has 0 saturated heterocycles. The zero-order valence-electron chi connectivity index (χ0n) is 12.1. The average Bonchev–Trinajstić information content (AvgIpc) is 3.15. The number of nitrogens with zero attached hydrogens (tertiary/aromatic N) is 2. The van der Waals surface area contributed by atoms with Crippen LogP contribution < -0.4 is 15.2 Å². The van der Waals surface area contributed by atoms with Gasteiger partial charge in [-0.1, -0.05) is 0 Å². The molecular formula is C16H9N3O5. The maximum absolute atomic E-state index is 12.5. The molecule has 0 spiro atoms. The number of carboxylic acids is 1. The fourth-order valence-corrected chi connectivity index (χ4v) is 3.00. The molecule has 24 heavy (non-hydrogen) atoms. The Morgan fingerprint density at radius 3 is 2.79 bits per heavy atom. The number of fused-ring (bicyclic) bond motifs is 6. The van der Waals surface area contributed by atoms with Crippen molar-refractivity contribution in [2.75, 3.05) is 6.79 Å². The van der Waals surface area contributed by atoms with E-state index in [0.29, 0.717) is 39.1 Å². The van der Waals surface area contributed by atoms with Crippen LogP contribution in [0.1, 0.15) is 10.4 Å². The molecule has 1 aliphatic heterocycles. The van der Waals surface area contributed by atoms with Gasteiger partial charge in [0.2, 0.25) is 6.79 Å². The lowest BCUT2D eigenvalue weighted by Gasteiger charge is -2.02. The van der Waals surface area contributed by atoms with Crippen molar-refractivity contribution in [3.8, 4) is 11.5 Å². The second kappa shape index (κ2) is 4.25. The van der Waals surface area contributed by atoms with Gasteiger partial charge in [0.15, 0.2) is 17.1 Å². The topological polar surface area (TPSA) is 106 Å². The zero-order valence-corrected chi connectivity index (χ0v) is 12.1. The Morgan fingerprint density at radius 2 is 2.00 bits per heavy atom. The molecule has 4 aromatic rings. The molecule has 3 heterocycles. The summed E-state index contributed by atoms with van der Waals surface area (Å²) in [5.74, 6) is 0.0849. The minimum absolute atomic E-state index is 0.0967. The second-order valence-corrected chi connectivity index (χ2v) is 5.46. The molecule has 0 fully saturated rings. The first-order valence-electron chi connectivity index (χ1n) is 7.13. The van der Waals surface area contributed by atoms with E-state index in [0.717, 1.165) is 0 Å². The first kappa shape index (κ1) is 12.9. The number of ether oxygens (including phenoxy) is 2. The Kier molecular flexibility index (Phi) is 2.29. The van der Waals surface area contributed by atoms with E-state index in [2.05, 4.69) is 9.97 Å². The number of carbonyl (C=O) groups is 1. The minimum Gasteiger partial charge on any atom is -0.478 e. The maximum Gasteiger partial charge on any atom is 0.335 e. The molecule has 0 saturated carbocycles. The van der Waals surface area contributed by atoms with Crippen LogP contribution in [0.15, 0.2) is 35.1 Å². The second-order valence-electron chi connectivity index (χ2n) is 5.46.